The molecule has 1 N–H and O–H groups in total. The zero-order valence-corrected chi connectivity index (χ0v) is 11.8. The minimum absolute atomic E-state index is 0.118. The zero-order chi connectivity index (χ0) is 14.5. The summed E-state index contributed by atoms with van der Waals surface area (Å²) in [4.78, 5) is 11.1. The lowest BCUT2D eigenvalue weighted by Gasteiger charge is -2.17. The number of benzene rings is 1. The molecule has 0 unspecified atom stereocenters. The Kier molecular flexibility index (Phi) is 4.71. The van der Waals surface area contributed by atoms with E-state index in [4.69, 9.17) is 19.3 Å². The summed E-state index contributed by atoms with van der Waals surface area (Å²) in [6.45, 7) is 0.610. The SMILES string of the molecule is COc1cc(C(=O)O)cc(OC)c1OCC1CCCC1. The summed E-state index contributed by atoms with van der Waals surface area (Å²) in [6.07, 6.45) is 4.86. The number of rotatable bonds is 6. The lowest BCUT2D eigenvalue weighted by Crippen LogP contribution is -2.10. The third-order valence-electron chi connectivity index (χ3n) is 3.65. The van der Waals surface area contributed by atoms with Gasteiger partial charge >= 0.3 is 5.97 Å². The van der Waals surface area contributed by atoms with Crippen LogP contribution in [-0.4, -0.2) is 31.9 Å². The van der Waals surface area contributed by atoms with Gasteiger partial charge in [0.1, 0.15) is 0 Å². The van der Waals surface area contributed by atoms with Crippen molar-refractivity contribution >= 4 is 5.97 Å². The minimum atomic E-state index is -1.02. The third-order valence-corrected chi connectivity index (χ3v) is 3.65. The van der Waals surface area contributed by atoms with Crippen molar-refractivity contribution in [3.8, 4) is 17.2 Å². The Bertz CT molecular complexity index is 452. The predicted molar refractivity (Wildman–Crippen MR) is 74.0 cm³/mol. The van der Waals surface area contributed by atoms with Crippen molar-refractivity contribution in [1.82, 2.24) is 0 Å². The molecule has 0 heterocycles. The van der Waals surface area contributed by atoms with E-state index in [1.807, 2.05) is 0 Å². The van der Waals surface area contributed by atoms with Crippen molar-refractivity contribution in [2.24, 2.45) is 5.92 Å². The number of carboxylic acids is 1. The normalized spacial score (nSPS) is 15.1. The maximum atomic E-state index is 11.1. The molecule has 0 atom stereocenters. The average Bonchev–Trinajstić information content (AvgIpc) is 2.97. The van der Waals surface area contributed by atoms with Gasteiger partial charge in [-0.1, -0.05) is 12.8 Å². The predicted octanol–water partition coefficient (Wildman–Crippen LogP) is 2.97. The van der Waals surface area contributed by atoms with Crippen LogP contribution in [0, 0.1) is 5.92 Å². The fraction of sp³-hybridized carbons (Fsp3) is 0.533. The molecule has 0 aliphatic heterocycles. The van der Waals surface area contributed by atoms with Crippen LogP contribution in [0.4, 0.5) is 0 Å². The number of hydrogen-bond donors (Lipinski definition) is 1. The molecule has 1 aliphatic carbocycles. The maximum Gasteiger partial charge on any atom is 0.335 e. The molecule has 1 aromatic carbocycles. The van der Waals surface area contributed by atoms with Crippen molar-refractivity contribution in [3.63, 3.8) is 0 Å². The first kappa shape index (κ1) is 14.5. The van der Waals surface area contributed by atoms with Crippen molar-refractivity contribution in [2.45, 2.75) is 25.7 Å². The smallest absolute Gasteiger partial charge is 0.335 e. The summed E-state index contributed by atoms with van der Waals surface area (Å²) >= 11 is 0. The fourth-order valence-corrected chi connectivity index (χ4v) is 2.52. The standard InChI is InChI=1S/C15H20O5/c1-18-12-7-11(15(16)17)8-13(19-2)14(12)20-9-10-5-3-4-6-10/h7-8,10H,3-6,9H2,1-2H3,(H,16,17). The average molecular weight is 280 g/mol. The van der Waals surface area contributed by atoms with Gasteiger partial charge in [0.2, 0.25) is 5.75 Å². The van der Waals surface area contributed by atoms with Crippen LogP contribution in [0.25, 0.3) is 0 Å². The van der Waals surface area contributed by atoms with Gasteiger partial charge in [0, 0.05) is 0 Å². The lowest BCUT2D eigenvalue weighted by atomic mass is 10.1. The molecule has 0 radical (unpaired) electrons. The van der Waals surface area contributed by atoms with E-state index in [-0.39, 0.29) is 5.56 Å². The highest BCUT2D eigenvalue weighted by Crippen LogP contribution is 2.39. The van der Waals surface area contributed by atoms with Gasteiger partial charge in [-0.15, -0.1) is 0 Å². The Morgan fingerprint density at radius 3 is 2.20 bits per heavy atom. The molecule has 0 bridgehead atoms. The number of carboxylic acid groups (broad SMARTS) is 1. The molecular weight excluding hydrogens is 260 g/mol. The molecule has 0 spiro atoms. The molecule has 0 amide bonds. The first-order valence-corrected chi connectivity index (χ1v) is 6.77. The van der Waals surface area contributed by atoms with Crippen molar-refractivity contribution in [3.05, 3.63) is 17.7 Å². The maximum absolute atomic E-state index is 11.1. The van der Waals surface area contributed by atoms with Gasteiger partial charge < -0.3 is 19.3 Å². The van der Waals surface area contributed by atoms with E-state index in [0.29, 0.717) is 29.8 Å². The van der Waals surface area contributed by atoms with Crippen molar-refractivity contribution in [2.75, 3.05) is 20.8 Å². The van der Waals surface area contributed by atoms with E-state index in [0.717, 1.165) is 0 Å². The molecule has 2 rings (SSSR count). The summed E-state index contributed by atoms with van der Waals surface area (Å²) in [5, 5.41) is 9.07. The van der Waals surface area contributed by atoms with E-state index in [1.165, 1.54) is 52.0 Å². The van der Waals surface area contributed by atoms with E-state index < -0.39 is 5.97 Å². The highest BCUT2D eigenvalue weighted by Gasteiger charge is 2.20. The van der Waals surface area contributed by atoms with Crippen LogP contribution in [-0.2, 0) is 0 Å². The number of carbonyl (C=O) groups is 1. The van der Waals surface area contributed by atoms with Gasteiger partial charge in [-0.05, 0) is 30.9 Å². The molecule has 5 nitrogen and oxygen atoms in total. The van der Waals surface area contributed by atoms with E-state index in [9.17, 15) is 4.79 Å². The van der Waals surface area contributed by atoms with Crippen LogP contribution in [0.15, 0.2) is 12.1 Å². The summed E-state index contributed by atoms with van der Waals surface area (Å²) in [7, 11) is 2.98. The second-order valence-electron chi connectivity index (χ2n) is 4.98. The topological polar surface area (TPSA) is 65.0 Å². The van der Waals surface area contributed by atoms with Crippen LogP contribution in [0.3, 0.4) is 0 Å². The molecule has 5 heteroatoms. The Labute approximate surface area is 118 Å². The first-order chi connectivity index (χ1) is 9.65. The molecular formula is C15H20O5. The summed E-state index contributed by atoms with van der Waals surface area (Å²) in [5.41, 5.74) is 0.118. The molecule has 1 aliphatic rings. The van der Waals surface area contributed by atoms with Crippen LogP contribution in [0.1, 0.15) is 36.0 Å². The molecule has 1 saturated carbocycles. The number of aromatic carboxylic acids is 1. The van der Waals surface area contributed by atoms with Gasteiger partial charge in [0.15, 0.2) is 11.5 Å². The van der Waals surface area contributed by atoms with E-state index in [1.54, 1.807) is 0 Å². The van der Waals surface area contributed by atoms with Crippen molar-refractivity contribution < 1.29 is 24.1 Å². The number of ether oxygens (including phenoxy) is 3. The highest BCUT2D eigenvalue weighted by atomic mass is 16.5. The summed E-state index contributed by atoms with van der Waals surface area (Å²) in [5.74, 6) is 0.791. The molecule has 20 heavy (non-hydrogen) atoms. The van der Waals surface area contributed by atoms with Gasteiger partial charge in [0.05, 0.1) is 26.4 Å². The summed E-state index contributed by atoms with van der Waals surface area (Å²) < 4.78 is 16.3. The molecule has 1 aromatic rings. The molecule has 1 fully saturated rings. The Morgan fingerprint density at radius 1 is 1.20 bits per heavy atom. The summed E-state index contributed by atoms with van der Waals surface area (Å²) in [6, 6.07) is 2.91. The number of hydrogen-bond acceptors (Lipinski definition) is 4. The third kappa shape index (κ3) is 3.15. The first-order valence-electron chi connectivity index (χ1n) is 6.77. The number of methoxy groups -OCH3 is 2. The molecule has 110 valence electrons. The Hall–Kier alpha value is -1.91. The second kappa shape index (κ2) is 6.50. The van der Waals surface area contributed by atoms with E-state index >= 15 is 0 Å². The van der Waals surface area contributed by atoms with Gasteiger partial charge in [-0.25, -0.2) is 4.79 Å². The zero-order valence-electron chi connectivity index (χ0n) is 11.8. The van der Waals surface area contributed by atoms with Crippen LogP contribution in [0.2, 0.25) is 0 Å². The van der Waals surface area contributed by atoms with Crippen LogP contribution < -0.4 is 14.2 Å². The quantitative estimate of drug-likeness (QED) is 0.867. The molecule has 0 saturated heterocycles. The van der Waals surface area contributed by atoms with Crippen LogP contribution >= 0.6 is 0 Å². The molecule has 0 aromatic heterocycles. The van der Waals surface area contributed by atoms with E-state index in [2.05, 4.69) is 0 Å². The Morgan fingerprint density at radius 2 is 1.75 bits per heavy atom. The van der Waals surface area contributed by atoms with Gasteiger partial charge in [0.25, 0.3) is 0 Å². The second-order valence-corrected chi connectivity index (χ2v) is 4.98. The lowest BCUT2D eigenvalue weighted by molar-refractivity contribution is 0.0696. The fourth-order valence-electron chi connectivity index (χ4n) is 2.52. The highest BCUT2D eigenvalue weighted by molar-refractivity contribution is 5.89. The van der Waals surface area contributed by atoms with Crippen LogP contribution in [0.5, 0.6) is 17.2 Å². The van der Waals surface area contributed by atoms with Crippen molar-refractivity contribution in [1.29, 1.82) is 0 Å². The van der Waals surface area contributed by atoms with Gasteiger partial charge in [-0.3, -0.25) is 0 Å². The monoisotopic (exact) mass is 280 g/mol. The minimum Gasteiger partial charge on any atom is -0.493 e. The largest absolute Gasteiger partial charge is 0.493 e. The van der Waals surface area contributed by atoms with Gasteiger partial charge in [-0.2, -0.15) is 0 Å². The Balaban J connectivity index is 2.22.